The van der Waals surface area contributed by atoms with E-state index in [0.717, 1.165) is 16.8 Å². The number of nitrogens with zero attached hydrogens (tertiary/aromatic N) is 1. The number of hydrogen-bond donors (Lipinski definition) is 2. The van der Waals surface area contributed by atoms with Gasteiger partial charge in [-0.15, -0.1) is 0 Å². The first kappa shape index (κ1) is 14.3. The Labute approximate surface area is 130 Å². The maximum atomic E-state index is 5.48. The molecular weight excluding hydrogens is 282 g/mol. The van der Waals surface area contributed by atoms with Crippen molar-refractivity contribution in [2.45, 2.75) is 45.6 Å². The van der Waals surface area contributed by atoms with E-state index in [1.807, 2.05) is 25.1 Å². The van der Waals surface area contributed by atoms with Gasteiger partial charge in [0.1, 0.15) is 5.52 Å². The molecular formula is C16H21N3OS. The van der Waals surface area contributed by atoms with Crippen LogP contribution >= 0.6 is 12.2 Å². The maximum absolute atomic E-state index is 5.48. The fourth-order valence-corrected chi connectivity index (χ4v) is 3.26. The minimum atomic E-state index is 0.483. The number of fused-ring (bicyclic) bond motifs is 1. The Morgan fingerprint density at radius 1 is 1.33 bits per heavy atom. The van der Waals surface area contributed by atoms with E-state index in [2.05, 4.69) is 22.5 Å². The SMILES string of the molecule is Cc1nc2cc(NC(=S)N[C@@H]3CCCC[C@@H]3C)ccc2o1. The van der Waals surface area contributed by atoms with Gasteiger partial charge < -0.3 is 15.1 Å². The number of rotatable bonds is 2. The summed E-state index contributed by atoms with van der Waals surface area (Å²) in [4.78, 5) is 4.34. The molecule has 1 aromatic carbocycles. The summed E-state index contributed by atoms with van der Waals surface area (Å²) in [6, 6.07) is 6.33. The van der Waals surface area contributed by atoms with Gasteiger partial charge in [0.25, 0.3) is 0 Å². The molecule has 1 aliphatic carbocycles. The molecule has 0 unspecified atom stereocenters. The van der Waals surface area contributed by atoms with Gasteiger partial charge in [-0.05, 0) is 49.2 Å². The molecule has 3 rings (SSSR count). The molecule has 4 nitrogen and oxygen atoms in total. The Bertz CT molecular complexity index is 652. The van der Waals surface area contributed by atoms with Crippen LogP contribution in [0.3, 0.4) is 0 Å². The van der Waals surface area contributed by atoms with Crippen LogP contribution in [0, 0.1) is 12.8 Å². The average Bonchev–Trinajstić information content (AvgIpc) is 2.80. The smallest absolute Gasteiger partial charge is 0.192 e. The van der Waals surface area contributed by atoms with Gasteiger partial charge in [0.05, 0.1) is 0 Å². The van der Waals surface area contributed by atoms with Crippen molar-refractivity contribution in [1.29, 1.82) is 0 Å². The fraction of sp³-hybridized carbons (Fsp3) is 0.500. The summed E-state index contributed by atoms with van der Waals surface area (Å²) in [6.07, 6.45) is 5.10. The molecule has 0 bridgehead atoms. The Kier molecular flexibility index (Phi) is 4.10. The first-order chi connectivity index (χ1) is 10.1. The lowest BCUT2D eigenvalue weighted by Crippen LogP contribution is -2.43. The molecule has 0 aliphatic heterocycles. The second-order valence-corrected chi connectivity index (χ2v) is 6.29. The third-order valence-electron chi connectivity index (χ3n) is 4.18. The molecule has 0 spiro atoms. The standard InChI is InChI=1S/C16H21N3OS/c1-10-5-3-4-6-13(10)19-16(21)18-12-7-8-15-14(9-12)17-11(2)20-15/h7-10,13H,3-6H2,1-2H3,(H2,18,19,21)/t10-,13+/m0/s1. The highest BCUT2D eigenvalue weighted by Crippen LogP contribution is 2.24. The molecule has 2 aromatic rings. The minimum Gasteiger partial charge on any atom is -0.441 e. The zero-order valence-electron chi connectivity index (χ0n) is 12.5. The predicted octanol–water partition coefficient (Wildman–Crippen LogP) is 4.00. The van der Waals surface area contributed by atoms with Gasteiger partial charge >= 0.3 is 0 Å². The van der Waals surface area contributed by atoms with Crippen molar-refractivity contribution in [2.24, 2.45) is 5.92 Å². The number of aryl methyl sites for hydroxylation is 1. The Morgan fingerprint density at radius 3 is 2.95 bits per heavy atom. The molecule has 2 N–H and O–H groups in total. The summed E-state index contributed by atoms with van der Waals surface area (Å²) >= 11 is 5.43. The highest BCUT2D eigenvalue weighted by molar-refractivity contribution is 7.80. The van der Waals surface area contributed by atoms with Crippen LogP contribution in [-0.4, -0.2) is 16.1 Å². The third kappa shape index (κ3) is 3.35. The number of benzene rings is 1. The summed E-state index contributed by atoms with van der Waals surface area (Å²) in [7, 11) is 0. The van der Waals surface area contributed by atoms with Crippen molar-refractivity contribution in [3.05, 3.63) is 24.1 Å². The molecule has 5 heteroatoms. The number of hydrogen-bond acceptors (Lipinski definition) is 3. The highest BCUT2D eigenvalue weighted by Gasteiger charge is 2.21. The van der Waals surface area contributed by atoms with E-state index in [1.165, 1.54) is 25.7 Å². The first-order valence-corrected chi connectivity index (χ1v) is 7.97. The minimum absolute atomic E-state index is 0.483. The third-order valence-corrected chi connectivity index (χ3v) is 4.40. The average molecular weight is 303 g/mol. The molecule has 1 heterocycles. The molecule has 0 saturated heterocycles. The van der Waals surface area contributed by atoms with Crippen LogP contribution < -0.4 is 10.6 Å². The van der Waals surface area contributed by atoms with E-state index in [4.69, 9.17) is 16.6 Å². The van der Waals surface area contributed by atoms with Gasteiger partial charge in [0.2, 0.25) is 0 Å². The molecule has 1 fully saturated rings. The van der Waals surface area contributed by atoms with Crippen molar-refractivity contribution < 1.29 is 4.42 Å². The largest absolute Gasteiger partial charge is 0.441 e. The second-order valence-electron chi connectivity index (χ2n) is 5.88. The van der Waals surface area contributed by atoms with Gasteiger partial charge in [0.15, 0.2) is 16.6 Å². The lowest BCUT2D eigenvalue weighted by atomic mass is 9.86. The zero-order valence-corrected chi connectivity index (χ0v) is 13.3. The summed E-state index contributed by atoms with van der Waals surface area (Å²) in [5.74, 6) is 1.36. The molecule has 1 aliphatic rings. The van der Waals surface area contributed by atoms with Crippen LogP contribution in [0.25, 0.3) is 11.1 Å². The quantitative estimate of drug-likeness (QED) is 0.821. The number of oxazole rings is 1. The molecule has 0 radical (unpaired) electrons. The van der Waals surface area contributed by atoms with Crippen LogP contribution in [0.15, 0.2) is 22.6 Å². The highest BCUT2D eigenvalue weighted by atomic mass is 32.1. The molecule has 1 saturated carbocycles. The second kappa shape index (κ2) is 6.02. The monoisotopic (exact) mass is 303 g/mol. The van der Waals surface area contributed by atoms with E-state index in [1.54, 1.807) is 0 Å². The van der Waals surface area contributed by atoms with Crippen molar-refractivity contribution in [2.75, 3.05) is 5.32 Å². The lowest BCUT2D eigenvalue weighted by molar-refractivity contribution is 0.309. The summed E-state index contributed by atoms with van der Waals surface area (Å²) < 4.78 is 5.48. The van der Waals surface area contributed by atoms with E-state index in [-0.39, 0.29) is 0 Å². The number of anilines is 1. The number of aromatic nitrogens is 1. The molecule has 21 heavy (non-hydrogen) atoms. The van der Waals surface area contributed by atoms with Gasteiger partial charge in [-0.2, -0.15) is 0 Å². The summed E-state index contributed by atoms with van der Waals surface area (Å²) in [5.41, 5.74) is 2.60. The number of nitrogens with one attached hydrogen (secondary N) is 2. The zero-order chi connectivity index (χ0) is 14.8. The van der Waals surface area contributed by atoms with E-state index >= 15 is 0 Å². The van der Waals surface area contributed by atoms with Crippen LogP contribution in [0.2, 0.25) is 0 Å². The van der Waals surface area contributed by atoms with Crippen molar-refractivity contribution in [3.63, 3.8) is 0 Å². The molecule has 1 aromatic heterocycles. The van der Waals surface area contributed by atoms with Crippen LogP contribution in [0.1, 0.15) is 38.5 Å². The molecule has 112 valence electrons. The maximum Gasteiger partial charge on any atom is 0.192 e. The predicted molar refractivity (Wildman–Crippen MR) is 89.5 cm³/mol. The van der Waals surface area contributed by atoms with Gasteiger partial charge in [-0.1, -0.05) is 19.8 Å². The fourth-order valence-electron chi connectivity index (χ4n) is 2.99. The van der Waals surface area contributed by atoms with Crippen LogP contribution in [0.4, 0.5) is 5.69 Å². The molecule has 2 atom stereocenters. The van der Waals surface area contributed by atoms with E-state index in [0.29, 0.717) is 23.0 Å². The van der Waals surface area contributed by atoms with Crippen molar-refractivity contribution in [3.8, 4) is 0 Å². The Balaban J connectivity index is 1.65. The number of thiocarbonyl (C=S) groups is 1. The lowest BCUT2D eigenvalue weighted by Gasteiger charge is -2.30. The van der Waals surface area contributed by atoms with Crippen LogP contribution in [0.5, 0.6) is 0 Å². The summed E-state index contributed by atoms with van der Waals surface area (Å²) in [5, 5.41) is 7.38. The topological polar surface area (TPSA) is 50.1 Å². The van der Waals surface area contributed by atoms with Gasteiger partial charge in [-0.25, -0.2) is 4.98 Å². The van der Waals surface area contributed by atoms with Crippen molar-refractivity contribution in [1.82, 2.24) is 10.3 Å². The van der Waals surface area contributed by atoms with Crippen LogP contribution in [-0.2, 0) is 0 Å². The Morgan fingerprint density at radius 2 is 2.14 bits per heavy atom. The normalized spacial score (nSPS) is 22.2. The van der Waals surface area contributed by atoms with E-state index < -0.39 is 0 Å². The summed E-state index contributed by atoms with van der Waals surface area (Å²) in [6.45, 7) is 4.15. The van der Waals surface area contributed by atoms with Gasteiger partial charge in [0, 0.05) is 18.7 Å². The van der Waals surface area contributed by atoms with Crippen molar-refractivity contribution >= 4 is 34.1 Å². The van der Waals surface area contributed by atoms with E-state index in [9.17, 15) is 0 Å². The Hall–Kier alpha value is -1.62. The van der Waals surface area contributed by atoms with Gasteiger partial charge in [-0.3, -0.25) is 0 Å². The molecule has 0 amide bonds. The first-order valence-electron chi connectivity index (χ1n) is 7.56.